The van der Waals surface area contributed by atoms with E-state index in [-0.39, 0.29) is 0 Å². The summed E-state index contributed by atoms with van der Waals surface area (Å²) in [6, 6.07) is 3.77. The van der Waals surface area contributed by atoms with Crippen LogP contribution >= 0.6 is 15.9 Å². The molecule has 0 atom stereocenters. The zero-order valence-electron chi connectivity index (χ0n) is 7.53. The van der Waals surface area contributed by atoms with E-state index < -0.39 is 0 Å². The molecule has 0 fully saturated rings. The standard InChI is InChI=1S/C9H6BrN5/c10-5-3-7-8(11-4-5)14-9(13-7)6-1-2-12-15-6/h1-4H,(H,12,15)(H,11,13,14). The van der Waals surface area contributed by atoms with E-state index in [0.717, 1.165) is 27.2 Å². The van der Waals surface area contributed by atoms with Crippen LogP contribution < -0.4 is 0 Å². The second kappa shape index (κ2) is 3.16. The van der Waals surface area contributed by atoms with Gasteiger partial charge in [0.05, 0.1) is 0 Å². The van der Waals surface area contributed by atoms with Crippen LogP contribution in [0.5, 0.6) is 0 Å². The molecule has 0 unspecified atom stereocenters. The monoisotopic (exact) mass is 263 g/mol. The van der Waals surface area contributed by atoms with E-state index in [1.165, 1.54) is 0 Å². The maximum absolute atomic E-state index is 4.39. The number of aromatic amines is 2. The van der Waals surface area contributed by atoms with Crippen molar-refractivity contribution in [3.8, 4) is 11.5 Å². The van der Waals surface area contributed by atoms with Gasteiger partial charge in [-0.3, -0.25) is 5.10 Å². The van der Waals surface area contributed by atoms with E-state index in [1.807, 2.05) is 12.1 Å². The fourth-order valence-electron chi connectivity index (χ4n) is 1.38. The van der Waals surface area contributed by atoms with Crippen LogP contribution in [0.3, 0.4) is 0 Å². The van der Waals surface area contributed by atoms with E-state index in [0.29, 0.717) is 0 Å². The Labute approximate surface area is 93.1 Å². The minimum atomic E-state index is 0.719. The quantitative estimate of drug-likeness (QED) is 0.707. The summed E-state index contributed by atoms with van der Waals surface area (Å²) in [7, 11) is 0. The van der Waals surface area contributed by atoms with E-state index in [4.69, 9.17) is 0 Å². The highest BCUT2D eigenvalue weighted by atomic mass is 79.9. The highest BCUT2D eigenvalue weighted by Gasteiger charge is 2.07. The zero-order valence-corrected chi connectivity index (χ0v) is 9.12. The van der Waals surface area contributed by atoms with Crippen molar-refractivity contribution in [2.75, 3.05) is 0 Å². The van der Waals surface area contributed by atoms with Gasteiger partial charge >= 0.3 is 0 Å². The first-order valence-electron chi connectivity index (χ1n) is 4.34. The van der Waals surface area contributed by atoms with Crippen LogP contribution in [-0.2, 0) is 0 Å². The molecule has 5 nitrogen and oxygen atoms in total. The van der Waals surface area contributed by atoms with E-state index in [9.17, 15) is 0 Å². The van der Waals surface area contributed by atoms with Gasteiger partial charge in [-0.05, 0) is 28.1 Å². The summed E-state index contributed by atoms with van der Waals surface area (Å²) in [6.45, 7) is 0. The summed E-state index contributed by atoms with van der Waals surface area (Å²) in [4.78, 5) is 11.7. The molecule has 0 aliphatic rings. The second-order valence-corrected chi connectivity index (χ2v) is 3.98. The molecule has 3 heterocycles. The van der Waals surface area contributed by atoms with Crippen LogP contribution in [0.4, 0.5) is 0 Å². The van der Waals surface area contributed by atoms with Crippen LogP contribution in [0.2, 0.25) is 0 Å². The largest absolute Gasteiger partial charge is 0.321 e. The Hall–Kier alpha value is -1.69. The van der Waals surface area contributed by atoms with Crippen molar-refractivity contribution >= 4 is 27.1 Å². The number of rotatable bonds is 1. The summed E-state index contributed by atoms with van der Waals surface area (Å²) in [5.74, 6) is 0.719. The molecule has 0 saturated carbocycles. The molecule has 2 N–H and O–H groups in total. The molecule has 6 heteroatoms. The van der Waals surface area contributed by atoms with Crippen molar-refractivity contribution in [1.82, 2.24) is 25.1 Å². The number of halogens is 1. The van der Waals surface area contributed by atoms with Gasteiger partial charge in [0.2, 0.25) is 0 Å². The van der Waals surface area contributed by atoms with Gasteiger partial charge < -0.3 is 4.98 Å². The molecule has 3 aromatic heterocycles. The first-order chi connectivity index (χ1) is 7.33. The van der Waals surface area contributed by atoms with E-state index in [1.54, 1.807) is 12.4 Å². The lowest BCUT2D eigenvalue weighted by molar-refractivity contribution is 1.08. The lowest BCUT2D eigenvalue weighted by Gasteiger charge is -1.86. The van der Waals surface area contributed by atoms with Crippen LogP contribution in [0.15, 0.2) is 29.0 Å². The Balaban J connectivity index is 2.22. The number of nitrogens with one attached hydrogen (secondary N) is 2. The first-order valence-corrected chi connectivity index (χ1v) is 5.13. The van der Waals surface area contributed by atoms with Gasteiger partial charge in [-0.1, -0.05) is 0 Å². The highest BCUT2D eigenvalue weighted by Crippen LogP contribution is 2.19. The second-order valence-electron chi connectivity index (χ2n) is 3.07. The normalized spacial score (nSPS) is 11.0. The number of H-pyrrole nitrogens is 2. The number of hydrogen-bond acceptors (Lipinski definition) is 3. The maximum Gasteiger partial charge on any atom is 0.160 e. The van der Waals surface area contributed by atoms with Crippen LogP contribution in [0, 0.1) is 0 Å². The zero-order chi connectivity index (χ0) is 10.3. The molecular weight excluding hydrogens is 258 g/mol. The number of pyridine rings is 1. The van der Waals surface area contributed by atoms with E-state index in [2.05, 4.69) is 41.1 Å². The molecule has 0 aromatic carbocycles. The molecule has 0 spiro atoms. The number of imidazole rings is 1. The van der Waals surface area contributed by atoms with Gasteiger partial charge in [0.1, 0.15) is 11.2 Å². The molecule has 74 valence electrons. The summed E-state index contributed by atoms with van der Waals surface area (Å²) >= 11 is 3.35. The average Bonchev–Trinajstić information content (AvgIpc) is 2.84. The molecular formula is C9H6BrN5. The summed E-state index contributed by atoms with van der Waals surface area (Å²) in [5, 5.41) is 6.79. The predicted octanol–water partition coefficient (Wildman–Crippen LogP) is 2.11. The van der Waals surface area contributed by atoms with Gasteiger partial charge in [-0.25, -0.2) is 9.97 Å². The molecule has 0 bridgehead atoms. The Kier molecular flexibility index (Phi) is 1.81. The molecule has 3 rings (SSSR count). The summed E-state index contributed by atoms with van der Waals surface area (Å²) in [6.07, 6.45) is 3.49. The fraction of sp³-hybridized carbons (Fsp3) is 0. The smallest absolute Gasteiger partial charge is 0.160 e. The molecule has 0 aliphatic carbocycles. The molecule has 0 aliphatic heterocycles. The number of fused-ring (bicyclic) bond motifs is 1. The van der Waals surface area contributed by atoms with Gasteiger partial charge in [0, 0.05) is 16.9 Å². The average molecular weight is 264 g/mol. The summed E-state index contributed by atoms with van der Waals surface area (Å²) in [5.41, 5.74) is 2.36. The predicted molar refractivity (Wildman–Crippen MR) is 59.2 cm³/mol. The van der Waals surface area contributed by atoms with Crippen molar-refractivity contribution in [3.05, 3.63) is 29.0 Å². The van der Waals surface area contributed by atoms with Crippen LogP contribution in [0.1, 0.15) is 0 Å². The first kappa shape index (κ1) is 8.60. The highest BCUT2D eigenvalue weighted by molar-refractivity contribution is 9.10. The van der Waals surface area contributed by atoms with Crippen molar-refractivity contribution in [2.24, 2.45) is 0 Å². The number of hydrogen-bond donors (Lipinski definition) is 2. The molecule has 0 saturated heterocycles. The van der Waals surface area contributed by atoms with E-state index >= 15 is 0 Å². The van der Waals surface area contributed by atoms with Gasteiger partial charge in [-0.2, -0.15) is 5.10 Å². The maximum atomic E-state index is 4.39. The van der Waals surface area contributed by atoms with Crippen molar-refractivity contribution < 1.29 is 0 Å². The van der Waals surface area contributed by atoms with Gasteiger partial charge in [-0.15, -0.1) is 0 Å². The van der Waals surface area contributed by atoms with Gasteiger partial charge in [0.25, 0.3) is 0 Å². The third kappa shape index (κ3) is 1.42. The Bertz CT molecular complexity index is 598. The number of nitrogens with zero attached hydrogens (tertiary/aromatic N) is 3. The fourth-order valence-corrected chi connectivity index (χ4v) is 1.70. The van der Waals surface area contributed by atoms with Crippen LogP contribution in [0.25, 0.3) is 22.7 Å². The Morgan fingerprint density at radius 2 is 2.27 bits per heavy atom. The van der Waals surface area contributed by atoms with Crippen molar-refractivity contribution in [3.63, 3.8) is 0 Å². The molecule has 0 amide bonds. The Morgan fingerprint density at radius 1 is 1.33 bits per heavy atom. The molecule has 0 radical (unpaired) electrons. The molecule has 3 aromatic rings. The molecule has 15 heavy (non-hydrogen) atoms. The summed E-state index contributed by atoms with van der Waals surface area (Å²) < 4.78 is 0.912. The Morgan fingerprint density at radius 3 is 3.07 bits per heavy atom. The topological polar surface area (TPSA) is 70.2 Å². The van der Waals surface area contributed by atoms with Gasteiger partial charge in [0.15, 0.2) is 11.5 Å². The SMILES string of the molecule is Brc1cnc2[nH]c(-c3cc[nH]n3)nc2c1. The minimum absolute atomic E-state index is 0.719. The number of aromatic nitrogens is 5. The third-order valence-electron chi connectivity index (χ3n) is 2.05. The lowest BCUT2D eigenvalue weighted by Crippen LogP contribution is -1.79. The minimum Gasteiger partial charge on any atom is -0.321 e. The lowest BCUT2D eigenvalue weighted by atomic mass is 10.4. The van der Waals surface area contributed by atoms with Crippen molar-refractivity contribution in [1.29, 1.82) is 0 Å². The van der Waals surface area contributed by atoms with Crippen LogP contribution in [-0.4, -0.2) is 25.1 Å². The third-order valence-corrected chi connectivity index (χ3v) is 2.48. The van der Waals surface area contributed by atoms with Crippen molar-refractivity contribution in [2.45, 2.75) is 0 Å².